The van der Waals surface area contributed by atoms with E-state index in [4.69, 9.17) is 4.74 Å². The Morgan fingerprint density at radius 3 is 2.88 bits per heavy atom. The molecule has 0 fully saturated rings. The van der Waals surface area contributed by atoms with Gasteiger partial charge in [0.15, 0.2) is 11.0 Å². The van der Waals surface area contributed by atoms with Crippen molar-refractivity contribution in [2.75, 3.05) is 0 Å². The van der Waals surface area contributed by atoms with Crippen molar-refractivity contribution in [3.8, 4) is 0 Å². The molecule has 0 aliphatic rings. The molecule has 0 saturated carbocycles. The molecule has 16 heavy (non-hydrogen) atoms. The van der Waals surface area contributed by atoms with E-state index in [1.807, 2.05) is 29.7 Å². The monoisotopic (exact) mass is 219 g/mol. The third-order valence-corrected chi connectivity index (χ3v) is 2.83. The van der Waals surface area contributed by atoms with Gasteiger partial charge in [0, 0.05) is 6.92 Å². The van der Waals surface area contributed by atoms with Gasteiger partial charge in [-0.05, 0) is 19.1 Å². The second-order valence-electron chi connectivity index (χ2n) is 3.60. The minimum Gasteiger partial charge on any atom is -0.427 e. The van der Waals surface area contributed by atoms with E-state index < -0.39 is 0 Å². The molecule has 0 atom stereocenters. The van der Waals surface area contributed by atoms with Gasteiger partial charge >= 0.3 is 0 Å². The lowest BCUT2D eigenvalue weighted by atomic mass is 10.3. The number of hydrogen-bond donors (Lipinski definition) is 0. The van der Waals surface area contributed by atoms with Crippen molar-refractivity contribution in [1.82, 2.24) is 4.57 Å². The molecule has 2 rings (SSSR count). The average molecular weight is 219 g/mol. The molecule has 2 aromatic rings. The molecule has 0 aliphatic heterocycles. The summed E-state index contributed by atoms with van der Waals surface area (Å²) in [4.78, 5) is 10.3. The highest BCUT2D eigenvalue weighted by molar-refractivity contribution is 5.72. The summed E-state index contributed by atoms with van der Waals surface area (Å²) in [6, 6.07) is 8.10. The maximum absolute atomic E-state index is 10.3. The highest BCUT2D eigenvalue weighted by atomic mass is 16.5. The number of carbonyl (C=O) groups excluding carboxylic acids is 1. The molecule has 0 aliphatic carbocycles. The number of hydrogen-bond acceptors (Lipinski definition) is 2. The molecular formula is C12H15N2O2+. The van der Waals surface area contributed by atoms with Crippen molar-refractivity contribution in [1.29, 1.82) is 0 Å². The lowest BCUT2D eigenvalue weighted by Crippen LogP contribution is -2.37. The van der Waals surface area contributed by atoms with Crippen LogP contribution in [-0.2, 0) is 22.8 Å². The first kappa shape index (κ1) is 10.7. The third kappa shape index (κ3) is 1.56. The normalized spacial score (nSPS) is 10.6. The number of aromatic nitrogens is 2. The summed E-state index contributed by atoms with van der Waals surface area (Å²) in [5, 5.41) is 0. The summed E-state index contributed by atoms with van der Waals surface area (Å²) >= 11 is 0. The van der Waals surface area contributed by atoms with Crippen molar-refractivity contribution >= 4 is 17.5 Å². The van der Waals surface area contributed by atoms with E-state index in [0.29, 0.717) is 6.47 Å². The summed E-state index contributed by atoms with van der Waals surface area (Å²) in [5.74, 6) is 1.09. The summed E-state index contributed by atoms with van der Waals surface area (Å²) in [7, 11) is 0. The Hall–Kier alpha value is -1.84. The highest BCUT2D eigenvalue weighted by Gasteiger charge is 2.19. The first-order valence-electron chi connectivity index (χ1n) is 5.32. The summed E-state index contributed by atoms with van der Waals surface area (Å²) in [5.41, 5.74) is 2.25. The Kier molecular flexibility index (Phi) is 2.90. The third-order valence-electron chi connectivity index (χ3n) is 2.83. The average Bonchev–Trinajstić information content (AvgIpc) is 2.58. The standard InChI is InChI=1S/C12H15N2O2/c1-3-13-10(2)14(8-16-9-15)12-7-5-4-6-11(12)13/h4-7,9H,3,8H2,1-2H3/q+1. The fraction of sp³-hybridized carbons (Fsp3) is 0.333. The van der Waals surface area contributed by atoms with Gasteiger partial charge < -0.3 is 4.74 Å². The van der Waals surface area contributed by atoms with Crippen LogP contribution in [0.15, 0.2) is 24.3 Å². The Balaban J connectivity index is 2.62. The zero-order chi connectivity index (χ0) is 11.5. The van der Waals surface area contributed by atoms with Crippen LogP contribution in [0.4, 0.5) is 0 Å². The molecule has 1 heterocycles. The minimum atomic E-state index is 0.267. The number of fused-ring (bicyclic) bond motifs is 1. The molecule has 0 unspecified atom stereocenters. The van der Waals surface area contributed by atoms with Crippen LogP contribution in [0.25, 0.3) is 11.0 Å². The SMILES string of the molecule is CCn1c(C)[n+](COC=O)c2ccccc21. The van der Waals surface area contributed by atoms with Gasteiger partial charge in [0.05, 0.1) is 6.54 Å². The Bertz CT molecular complexity index is 517. The second kappa shape index (κ2) is 4.35. The molecule has 1 aromatic heterocycles. The maximum atomic E-state index is 10.3. The Morgan fingerprint density at radius 1 is 1.44 bits per heavy atom. The van der Waals surface area contributed by atoms with E-state index in [0.717, 1.165) is 23.4 Å². The molecule has 0 radical (unpaired) electrons. The van der Waals surface area contributed by atoms with E-state index in [9.17, 15) is 4.79 Å². The summed E-state index contributed by atoms with van der Waals surface area (Å²) in [6.45, 7) is 5.77. The van der Waals surface area contributed by atoms with Gasteiger partial charge in [-0.15, -0.1) is 0 Å². The Morgan fingerprint density at radius 2 is 2.19 bits per heavy atom. The topological polar surface area (TPSA) is 35.1 Å². The summed E-state index contributed by atoms with van der Waals surface area (Å²) < 4.78 is 9.03. The maximum Gasteiger partial charge on any atom is 0.296 e. The van der Waals surface area contributed by atoms with E-state index in [1.165, 1.54) is 0 Å². The molecular weight excluding hydrogens is 204 g/mol. The number of aryl methyl sites for hydroxylation is 1. The molecule has 0 saturated heterocycles. The van der Waals surface area contributed by atoms with E-state index in [-0.39, 0.29) is 6.73 Å². The van der Waals surface area contributed by atoms with Gasteiger partial charge in [0.1, 0.15) is 0 Å². The van der Waals surface area contributed by atoms with Crippen molar-refractivity contribution in [2.45, 2.75) is 27.1 Å². The fourth-order valence-corrected chi connectivity index (χ4v) is 2.08. The number of ether oxygens (including phenoxy) is 1. The van der Waals surface area contributed by atoms with Crippen LogP contribution in [0.1, 0.15) is 12.7 Å². The summed E-state index contributed by atoms with van der Waals surface area (Å²) in [6.07, 6.45) is 0. The van der Waals surface area contributed by atoms with E-state index >= 15 is 0 Å². The first-order valence-corrected chi connectivity index (χ1v) is 5.32. The molecule has 0 amide bonds. The van der Waals surface area contributed by atoms with Crippen LogP contribution < -0.4 is 4.57 Å². The van der Waals surface area contributed by atoms with Crippen LogP contribution >= 0.6 is 0 Å². The van der Waals surface area contributed by atoms with Crippen molar-refractivity contribution in [2.24, 2.45) is 0 Å². The van der Waals surface area contributed by atoms with Gasteiger partial charge in [0.25, 0.3) is 12.3 Å². The number of para-hydroxylation sites is 2. The zero-order valence-corrected chi connectivity index (χ0v) is 9.51. The zero-order valence-electron chi connectivity index (χ0n) is 9.51. The fourth-order valence-electron chi connectivity index (χ4n) is 2.08. The van der Waals surface area contributed by atoms with Gasteiger partial charge in [-0.1, -0.05) is 12.1 Å². The van der Waals surface area contributed by atoms with Gasteiger partial charge in [-0.2, -0.15) is 4.57 Å². The van der Waals surface area contributed by atoms with E-state index in [1.54, 1.807) is 0 Å². The van der Waals surface area contributed by atoms with Crippen LogP contribution in [0.2, 0.25) is 0 Å². The quantitative estimate of drug-likeness (QED) is 0.575. The minimum absolute atomic E-state index is 0.267. The largest absolute Gasteiger partial charge is 0.427 e. The van der Waals surface area contributed by atoms with Crippen LogP contribution in [0, 0.1) is 6.92 Å². The van der Waals surface area contributed by atoms with Gasteiger partial charge in [-0.25, -0.2) is 4.57 Å². The second-order valence-corrected chi connectivity index (χ2v) is 3.60. The molecule has 4 heteroatoms. The number of benzene rings is 1. The molecule has 0 spiro atoms. The number of rotatable bonds is 4. The van der Waals surface area contributed by atoms with Gasteiger partial charge in [-0.3, -0.25) is 4.79 Å². The highest BCUT2D eigenvalue weighted by Crippen LogP contribution is 2.13. The predicted octanol–water partition coefficient (Wildman–Crippen LogP) is 1.39. The van der Waals surface area contributed by atoms with Crippen molar-refractivity contribution < 1.29 is 14.1 Å². The number of nitrogens with zero attached hydrogens (tertiary/aromatic N) is 2. The molecule has 0 bridgehead atoms. The van der Waals surface area contributed by atoms with Crippen LogP contribution in [0.5, 0.6) is 0 Å². The van der Waals surface area contributed by atoms with E-state index in [2.05, 4.69) is 17.6 Å². The molecule has 84 valence electrons. The number of imidazole rings is 1. The molecule has 1 aromatic carbocycles. The Labute approximate surface area is 94.1 Å². The molecule has 0 N–H and O–H groups in total. The first-order chi connectivity index (χ1) is 7.79. The predicted molar refractivity (Wildman–Crippen MR) is 59.7 cm³/mol. The van der Waals surface area contributed by atoms with Crippen LogP contribution in [0.3, 0.4) is 0 Å². The van der Waals surface area contributed by atoms with Crippen molar-refractivity contribution in [3.63, 3.8) is 0 Å². The lowest BCUT2D eigenvalue weighted by Gasteiger charge is -1.97. The van der Waals surface area contributed by atoms with Gasteiger partial charge in [0.2, 0.25) is 6.73 Å². The molecule has 4 nitrogen and oxygen atoms in total. The smallest absolute Gasteiger partial charge is 0.296 e. The van der Waals surface area contributed by atoms with Crippen molar-refractivity contribution in [3.05, 3.63) is 30.1 Å². The number of carbonyl (C=O) groups is 1. The van der Waals surface area contributed by atoms with Crippen LogP contribution in [-0.4, -0.2) is 11.0 Å². The lowest BCUT2D eigenvalue weighted by molar-refractivity contribution is -0.709.